The normalized spacial score (nSPS) is 23.0. The molecular formula is C20H22O5. The summed E-state index contributed by atoms with van der Waals surface area (Å²) in [6.45, 7) is 2.01. The van der Waals surface area contributed by atoms with E-state index >= 15 is 0 Å². The summed E-state index contributed by atoms with van der Waals surface area (Å²) >= 11 is 0. The molecule has 132 valence electrons. The molecule has 1 aromatic rings. The first kappa shape index (κ1) is 17.4. The van der Waals surface area contributed by atoms with E-state index in [0.717, 1.165) is 24.0 Å². The number of carboxylic acid groups (broad SMARTS) is 2. The summed E-state index contributed by atoms with van der Waals surface area (Å²) < 4.78 is 5.35. The lowest BCUT2D eigenvalue weighted by Crippen LogP contribution is -2.38. The number of rotatable bonds is 6. The van der Waals surface area contributed by atoms with Crippen LogP contribution in [0.4, 0.5) is 0 Å². The van der Waals surface area contributed by atoms with Crippen molar-refractivity contribution in [1.29, 1.82) is 0 Å². The lowest BCUT2D eigenvalue weighted by Gasteiger charge is -2.33. The summed E-state index contributed by atoms with van der Waals surface area (Å²) in [6, 6.07) is 5.68. The molecule has 0 aliphatic heterocycles. The number of benzene rings is 1. The van der Waals surface area contributed by atoms with E-state index in [2.05, 4.69) is 0 Å². The number of allylic oxidation sites excluding steroid dienone is 2. The predicted molar refractivity (Wildman–Crippen MR) is 92.5 cm³/mol. The van der Waals surface area contributed by atoms with Crippen LogP contribution in [0.5, 0.6) is 0 Å². The van der Waals surface area contributed by atoms with Crippen LogP contribution in [0.15, 0.2) is 41.5 Å². The molecule has 0 spiro atoms. The van der Waals surface area contributed by atoms with Gasteiger partial charge in [0.15, 0.2) is 0 Å². The topological polar surface area (TPSA) is 83.8 Å². The second-order valence-corrected chi connectivity index (χ2v) is 6.83. The highest BCUT2D eigenvalue weighted by Gasteiger charge is 2.44. The zero-order chi connectivity index (χ0) is 18.2. The summed E-state index contributed by atoms with van der Waals surface area (Å²) in [5, 5.41) is 19.5. The first-order chi connectivity index (χ1) is 11.9. The fourth-order valence-electron chi connectivity index (χ4n) is 3.64. The Balaban J connectivity index is 2.18. The second kappa shape index (κ2) is 6.48. The maximum absolute atomic E-state index is 12.3. The van der Waals surface area contributed by atoms with Crippen LogP contribution in [-0.2, 0) is 26.3 Å². The minimum atomic E-state index is -1.38. The molecule has 5 nitrogen and oxygen atoms in total. The van der Waals surface area contributed by atoms with Gasteiger partial charge in [0.25, 0.3) is 0 Å². The Hall–Kier alpha value is -2.40. The van der Waals surface area contributed by atoms with Crippen LogP contribution in [-0.4, -0.2) is 29.3 Å². The van der Waals surface area contributed by atoms with Crippen molar-refractivity contribution in [3.63, 3.8) is 0 Å². The van der Waals surface area contributed by atoms with E-state index < -0.39 is 17.4 Å². The average molecular weight is 342 g/mol. The van der Waals surface area contributed by atoms with Crippen molar-refractivity contribution in [1.82, 2.24) is 0 Å². The lowest BCUT2D eigenvalue weighted by molar-refractivity contribution is -0.142. The van der Waals surface area contributed by atoms with Gasteiger partial charge in [-0.15, -0.1) is 0 Å². The van der Waals surface area contributed by atoms with E-state index in [-0.39, 0.29) is 12.0 Å². The molecule has 0 radical (unpaired) electrons. The highest BCUT2D eigenvalue weighted by atomic mass is 16.5. The molecule has 2 aliphatic rings. The number of ether oxygens (including phenoxy) is 1. The SMILES string of the molecule is COCc1c(C2CC2)cccc1C1(C(=O)O)C=CC(C)=C(C(=O)O)C1. The van der Waals surface area contributed by atoms with Gasteiger partial charge in [0.2, 0.25) is 0 Å². The Morgan fingerprint density at radius 3 is 2.56 bits per heavy atom. The molecule has 5 heteroatoms. The summed E-state index contributed by atoms with van der Waals surface area (Å²) in [7, 11) is 1.59. The molecule has 1 atom stereocenters. The third-order valence-corrected chi connectivity index (χ3v) is 5.19. The van der Waals surface area contributed by atoms with Crippen molar-refractivity contribution in [2.75, 3.05) is 7.11 Å². The lowest BCUT2D eigenvalue weighted by atomic mass is 9.69. The Morgan fingerprint density at radius 1 is 1.28 bits per heavy atom. The molecule has 0 amide bonds. The van der Waals surface area contributed by atoms with Crippen molar-refractivity contribution < 1.29 is 24.5 Å². The van der Waals surface area contributed by atoms with Crippen LogP contribution in [0.3, 0.4) is 0 Å². The van der Waals surface area contributed by atoms with Crippen LogP contribution >= 0.6 is 0 Å². The standard InChI is InChI=1S/C20H22O5/c1-12-8-9-20(19(23)24,10-15(12)18(21)22)17-5-3-4-14(13-6-7-13)16(17)11-25-2/h3-5,8-9,13H,6-7,10-11H2,1-2H3,(H,21,22)(H,23,24). The molecule has 1 unspecified atom stereocenters. The van der Waals surface area contributed by atoms with E-state index in [1.165, 1.54) is 0 Å². The van der Waals surface area contributed by atoms with E-state index in [9.17, 15) is 19.8 Å². The van der Waals surface area contributed by atoms with Gasteiger partial charge in [0.05, 0.1) is 6.61 Å². The maximum Gasteiger partial charge on any atom is 0.331 e. The number of hydrogen-bond acceptors (Lipinski definition) is 3. The maximum atomic E-state index is 12.3. The molecule has 0 saturated heterocycles. The van der Waals surface area contributed by atoms with E-state index in [1.807, 2.05) is 12.1 Å². The Labute approximate surface area is 146 Å². The molecule has 0 aromatic heterocycles. The molecule has 2 aliphatic carbocycles. The van der Waals surface area contributed by atoms with Gasteiger partial charge < -0.3 is 14.9 Å². The summed E-state index contributed by atoms with van der Waals surface area (Å²) in [6.07, 6.45) is 5.36. The van der Waals surface area contributed by atoms with E-state index in [4.69, 9.17) is 4.74 Å². The van der Waals surface area contributed by atoms with Crippen LogP contribution < -0.4 is 0 Å². The second-order valence-electron chi connectivity index (χ2n) is 6.83. The first-order valence-corrected chi connectivity index (χ1v) is 8.37. The third kappa shape index (κ3) is 3.00. The average Bonchev–Trinajstić information content (AvgIpc) is 3.40. The van der Waals surface area contributed by atoms with Gasteiger partial charge in [-0.2, -0.15) is 0 Å². The highest BCUT2D eigenvalue weighted by molar-refractivity contribution is 5.94. The molecule has 25 heavy (non-hydrogen) atoms. The number of aliphatic carboxylic acids is 2. The zero-order valence-electron chi connectivity index (χ0n) is 14.4. The largest absolute Gasteiger partial charge is 0.480 e. The summed E-state index contributed by atoms with van der Waals surface area (Å²) in [5.74, 6) is -1.67. The van der Waals surface area contributed by atoms with Crippen molar-refractivity contribution >= 4 is 11.9 Å². The van der Waals surface area contributed by atoms with Gasteiger partial charge in [-0.1, -0.05) is 30.4 Å². The van der Waals surface area contributed by atoms with Gasteiger partial charge in [0.1, 0.15) is 5.41 Å². The van der Waals surface area contributed by atoms with Crippen LogP contribution in [0.25, 0.3) is 0 Å². The molecule has 2 N–H and O–H groups in total. The highest BCUT2D eigenvalue weighted by Crippen LogP contribution is 2.46. The van der Waals surface area contributed by atoms with Crippen molar-refractivity contribution in [2.24, 2.45) is 0 Å². The van der Waals surface area contributed by atoms with Gasteiger partial charge in [-0.25, -0.2) is 4.79 Å². The Kier molecular flexibility index (Phi) is 4.52. The van der Waals surface area contributed by atoms with Crippen LogP contribution in [0.2, 0.25) is 0 Å². The minimum Gasteiger partial charge on any atom is -0.480 e. The Bertz CT molecular complexity index is 785. The molecule has 0 heterocycles. The first-order valence-electron chi connectivity index (χ1n) is 8.37. The van der Waals surface area contributed by atoms with Crippen LogP contribution in [0, 0.1) is 0 Å². The monoisotopic (exact) mass is 342 g/mol. The Morgan fingerprint density at radius 2 is 2.00 bits per heavy atom. The number of methoxy groups -OCH3 is 1. The summed E-state index contributed by atoms with van der Waals surface area (Å²) in [4.78, 5) is 23.9. The third-order valence-electron chi connectivity index (χ3n) is 5.19. The van der Waals surface area contributed by atoms with Crippen molar-refractivity contribution in [3.05, 3.63) is 58.2 Å². The minimum absolute atomic E-state index is 0.0646. The molecular weight excluding hydrogens is 320 g/mol. The molecule has 1 saturated carbocycles. The molecule has 3 rings (SSSR count). The van der Waals surface area contributed by atoms with Gasteiger partial charge >= 0.3 is 11.9 Å². The zero-order valence-corrected chi connectivity index (χ0v) is 14.4. The molecule has 0 bridgehead atoms. The van der Waals surface area contributed by atoms with Crippen molar-refractivity contribution in [3.8, 4) is 0 Å². The quantitative estimate of drug-likeness (QED) is 0.828. The fraction of sp³-hybridized carbons (Fsp3) is 0.400. The number of hydrogen-bond donors (Lipinski definition) is 2. The number of carbonyl (C=O) groups is 2. The molecule has 1 fully saturated rings. The smallest absolute Gasteiger partial charge is 0.331 e. The van der Waals surface area contributed by atoms with Gasteiger partial charge in [-0.05, 0) is 47.9 Å². The van der Waals surface area contributed by atoms with Gasteiger partial charge in [-0.3, -0.25) is 4.79 Å². The predicted octanol–water partition coefficient (Wildman–Crippen LogP) is 3.39. The van der Waals surface area contributed by atoms with E-state index in [0.29, 0.717) is 23.7 Å². The van der Waals surface area contributed by atoms with Crippen LogP contribution in [0.1, 0.15) is 48.8 Å². The van der Waals surface area contributed by atoms with E-state index in [1.54, 1.807) is 32.3 Å². The van der Waals surface area contributed by atoms with Crippen molar-refractivity contribution in [2.45, 2.75) is 44.1 Å². The summed E-state index contributed by atoms with van der Waals surface area (Å²) in [5.41, 5.74) is 1.99. The number of carboxylic acids is 2. The van der Waals surface area contributed by atoms with Gasteiger partial charge in [0, 0.05) is 19.1 Å². The molecule has 1 aromatic carbocycles. The fourth-order valence-corrected chi connectivity index (χ4v) is 3.64.